The molecule has 3 heterocycles. The summed E-state index contributed by atoms with van der Waals surface area (Å²) in [5.41, 5.74) is 2.04. The van der Waals surface area contributed by atoms with Gasteiger partial charge in [0.1, 0.15) is 5.69 Å². The third kappa shape index (κ3) is 4.77. The monoisotopic (exact) mass is 383 g/mol. The van der Waals surface area contributed by atoms with Crippen LogP contribution in [0, 0.1) is 0 Å². The lowest BCUT2D eigenvalue weighted by Gasteiger charge is -2.16. The maximum atomic E-state index is 12.2. The van der Waals surface area contributed by atoms with Crippen molar-refractivity contribution in [2.75, 3.05) is 39.1 Å². The van der Waals surface area contributed by atoms with Gasteiger partial charge in [0.2, 0.25) is 11.8 Å². The normalized spacial score (nSPS) is 16.5. The molecule has 8 heteroatoms. The van der Waals surface area contributed by atoms with E-state index in [1.165, 1.54) is 0 Å². The van der Waals surface area contributed by atoms with Crippen molar-refractivity contribution in [3.8, 4) is 17.0 Å². The molecule has 0 spiro atoms. The number of anilines is 1. The van der Waals surface area contributed by atoms with Crippen molar-refractivity contribution in [1.29, 1.82) is 0 Å². The number of likely N-dealkylation sites (N-methyl/N-ethyl adjacent to an activating group) is 1. The van der Waals surface area contributed by atoms with E-state index in [1.54, 1.807) is 36.6 Å². The third-order valence-electron chi connectivity index (χ3n) is 4.62. The summed E-state index contributed by atoms with van der Waals surface area (Å²) in [5.74, 6) is 0.501. The van der Waals surface area contributed by atoms with Crippen LogP contribution in [0.5, 0.6) is 5.88 Å². The van der Waals surface area contributed by atoms with Gasteiger partial charge in [-0.15, -0.1) is 0 Å². The van der Waals surface area contributed by atoms with Gasteiger partial charge in [-0.3, -0.25) is 9.59 Å². The zero-order valence-electron chi connectivity index (χ0n) is 16.1. The first kappa shape index (κ1) is 19.6. The maximum absolute atomic E-state index is 12.2. The number of hydrogen-bond acceptors (Lipinski definition) is 6. The molecular weight excluding hydrogens is 358 g/mol. The van der Waals surface area contributed by atoms with Crippen LogP contribution in [-0.4, -0.2) is 60.6 Å². The van der Waals surface area contributed by atoms with Crippen LogP contribution < -0.4 is 20.9 Å². The van der Waals surface area contributed by atoms with E-state index in [-0.39, 0.29) is 17.5 Å². The largest absolute Gasteiger partial charge is 0.481 e. The SMILES string of the molecule is CNCC=CC(=O)N1CC[C@H](Nc2cc(-c3ccnc(OC)c3)c[nH]c2=O)C1. The number of carbonyl (C=O) groups is 1. The highest BCUT2D eigenvalue weighted by atomic mass is 16.5. The first-order valence-electron chi connectivity index (χ1n) is 9.20. The van der Waals surface area contributed by atoms with Crippen molar-refractivity contribution in [2.45, 2.75) is 12.5 Å². The van der Waals surface area contributed by atoms with Gasteiger partial charge in [-0.1, -0.05) is 6.08 Å². The molecule has 0 aliphatic carbocycles. The van der Waals surface area contributed by atoms with Gasteiger partial charge in [-0.2, -0.15) is 0 Å². The van der Waals surface area contributed by atoms with Crippen molar-refractivity contribution < 1.29 is 9.53 Å². The van der Waals surface area contributed by atoms with E-state index < -0.39 is 0 Å². The van der Waals surface area contributed by atoms with Gasteiger partial charge in [-0.05, 0) is 31.2 Å². The molecule has 28 heavy (non-hydrogen) atoms. The van der Waals surface area contributed by atoms with E-state index in [4.69, 9.17) is 4.74 Å². The fraction of sp³-hybridized carbons (Fsp3) is 0.350. The van der Waals surface area contributed by atoms with Crippen LogP contribution in [0.2, 0.25) is 0 Å². The molecule has 1 fully saturated rings. The molecular formula is C20H25N5O3. The molecule has 1 amide bonds. The second-order valence-electron chi connectivity index (χ2n) is 6.59. The van der Waals surface area contributed by atoms with Crippen molar-refractivity contribution >= 4 is 11.6 Å². The molecule has 2 aromatic heterocycles. The minimum absolute atomic E-state index is 0.00825. The van der Waals surface area contributed by atoms with Crippen LogP contribution in [0.15, 0.2) is 47.5 Å². The Morgan fingerprint density at radius 3 is 3.07 bits per heavy atom. The van der Waals surface area contributed by atoms with E-state index in [0.717, 1.165) is 17.5 Å². The van der Waals surface area contributed by atoms with Gasteiger partial charge >= 0.3 is 0 Å². The van der Waals surface area contributed by atoms with Crippen molar-refractivity contribution in [3.63, 3.8) is 0 Å². The summed E-state index contributed by atoms with van der Waals surface area (Å²) < 4.78 is 5.16. The van der Waals surface area contributed by atoms with Crippen molar-refractivity contribution in [2.24, 2.45) is 0 Å². The maximum Gasteiger partial charge on any atom is 0.271 e. The Bertz CT molecular complexity index is 909. The van der Waals surface area contributed by atoms with Gasteiger partial charge < -0.3 is 25.3 Å². The predicted molar refractivity (Wildman–Crippen MR) is 109 cm³/mol. The number of rotatable bonds is 7. The zero-order chi connectivity index (χ0) is 19.9. The second kappa shape index (κ2) is 9.18. The van der Waals surface area contributed by atoms with Crippen LogP contribution in [0.1, 0.15) is 6.42 Å². The number of aromatic nitrogens is 2. The summed E-state index contributed by atoms with van der Waals surface area (Å²) in [6.45, 7) is 1.89. The smallest absolute Gasteiger partial charge is 0.271 e. The van der Waals surface area contributed by atoms with Crippen LogP contribution in [0.3, 0.4) is 0 Å². The van der Waals surface area contributed by atoms with Gasteiger partial charge in [0.15, 0.2) is 0 Å². The lowest BCUT2D eigenvalue weighted by atomic mass is 10.1. The average Bonchev–Trinajstić information content (AvgIpc) is 3.18. The summed E-state index contributed by atoms with van der Waals surface area (Å²) in [5, 5.41) is 6.25. The number of pyridine rings is 2. The average molecular weight is 383 g/mol. The number of aromatic amines is 1. The Morgan fingerprint density at radius 1 is 1.43 bits per heavy atom. The summed E-state index contributed by atoms with van der Waals surface area (Å²) in [6, 6.07) is 5.51. The van der Waals surface area contributed by atoms with Crippen molar-refractivity contribution in [1.82, 2.24) is 20.2 Å². The Kier molecular flexibility index (Phi) is 6.44. The van der Waals surface area contributed by atoms with Gasteiger partial charge in [0.25, 0.3) is 5.56 Å². The van der Waals surface area contributed by atoms with Crippen LogP contribution in [0.4, 0.5) is 5.69 Å². The molecule has 2 aromatic rings. The highest BCUT2D eigenvalue weighted by Crippen LogP contribution is 2.23. The summed E-state index contributed by atoms with van der Waals surface area (Å²) >= 11 is 0. The van der Waals surface area contributed by atoms with Crippen LogP contribution in [-0.2, 0) is 4.79 Å². The van der Waals surface area contributed by atoms with E-state index in [2.05, 4.69) is 20.6 Å². The standard InChI is InChI=1S/C20H25N5O3/c1-21-7-3-4-19(26)25-9-6-16(13-25)24-17-10-15(12-23-20(17)27)14-5-8-22-18(11-14)28-2/h3-5,8,10-12,16,21,24H,6-7,9,13H2,1-2H3,(H,23,27)/t16-/m0/s1. The first-order chi connectivity index (χ1) is 13.6. The fourth-order valence-electron chi connectivity index (χ4n) is 3.14. The summed E-state index contributed by atoms with van der Waals surface area (Å²) in [6.07, 6.45) is 7.51. The molecule has 8 nitrogen and oxygen atoms in total. The summed E-state index contributed by atoms with van der Waals surface area (Å²) in [4.78, 5) is 33.1. The number of amides is 1. The minimum Gasteiger partial charge on any atom is -0.481 e. The highest BCUT2D eigenvalue weighted by molar-refractivity contribution is 5.87. The lowest BCUT2D eigenvalue weighted by Crippen LogP contribution is -2.31. The summed E-state index contributed by atoms with van der Waals surface area (Å²) in [7, 11) is 3.39. The molecule has 1 aliphatic heterocycles. The molecule has 0 unspecified atom stereocenters. The minimum atomic E-state index is -0.191. The van der Waals surface area contributed by atoms with E-state index >= 15 is 0 Å². The quantitative estimate of drug-likeness (QED) is 0.622. The molecule has 0 saturated carbocycles. The number of methoxy groups -OCH3 is 1. The predicted octanol–water partition coefficient (Wildman–Crippen LogP) is 1.23. The lowest BCUT2D eigenvalue weighted by molar-refractivity contribution is -0.125. The Hall–Kier alpha value is -3.13. The molecule has 1 saturated heterocycles. The van der Waals surface area contributed by atoms with Gasteiger partial charge in [0.05, 0.1) is 7.11 Å². The van der Waals surface area contributed by atoms with Gasteiger partial charge in [0, 0.05) is 55.8 Å². The highest BCUT2D eigenvalue weighted by Gasteiger charge is 2.25. The molecule has 1 aliphatic rings. The first-order valence-corrected chi connectivity index (χ1v) is 9.20. The molecule has 3 rings (SSSR count). The molecule has 0 radical (unpaired) electrons. The van der Waals surface area contributed by atoms with E-state index in [1.807, 2.05) is 25.2 Å². The van der Waals surface area contributed by atoms with Gasteiger partial charge in [-0.25, -0.2) is 4.98 Å². The second-order valence-corrected chi connectivity index (χ2v) is 6.59. The Morgan fingerprint density at radius 2 is 2.29 bits per heavy atom. The van der Waals surface area contributed by atoms with Crippen molar-refractivity contribution in [3.05, 3.63) is 53.1 Å². The topological polar surface area (TPSA) is 99.3 Å². The number of likely N-dealkylation sites (tertiary alicyclic amines) is 1. The Balaban J connectivity index is 1.69. The third-order valence-corrected chi connectivity index (χ3v) is 4.62. The Labute approximate surface area is 163 Å². The number of H-pyrrole nitrogens is 1. The molecule has 3 N–H and O–H groups in total. The van der Waals surface area contributed by atoms with E-state index in [9.17, 15) is 9.59 Å². The number of hydrogen-bond donors (Lipinski definition) is 3. The molecule has 0 aromatic carbocycles. The van der Waals surface area contributed by atoms with Crippen LogP contribution in [0.25, 0.3) is 11.1 Å². The fourth-order valence-corrected chi connectivity index (χ4v) is 3.14. The number of nitrogens with zero attached hydrogens (tertiary/aromatic N) is 2. The zero-order valence-corrected chi connectivity index (χ0v) is 16.1. The number of ether oxygens (including phenoxy) is 1. The van der Waals surface area contributed by atoms with E-state index in [0.29, 0.717) is 31.2 Å². The molecule has 0 bridgehead atoms. The molecule has 148 valence electrons. The van der Waals surface area contributed by atoms with Crippen LogP contribution >= 0.6 is 0 Å². The molecule has 1 atom stereocenters. The number of nitrogens with one attached hydrogen (secondary N) is 3. The number of carbonyl (C=O) groups excluding carboxylic acids is 1.